The molecule has 3 aliphatic rings. The van der Waals surface area contributed by atoms with Crippen LogP contribution in [-0.4, -0.2) is 120 Å². The molecule has 0 radical (unpaired) electrons. The number of esters is 3. The summed E-state index contributed by atoms with van der Waals surface area (Å²) in [5, 5.41) is 32.0. The lowest BCUT2D eigenvalue weighted by molar-refractivity contribution is -0.156. The molecule has 6 aromatic heterocycles. The average Bonchev–Trinajstić information content (AvgIpc) is 1.60. The van der Waals surface area contributed by atoms with Crippen molar-refractivity contribution in [2.75, 3.05) is 6.54 Å². The summed E-state index contributed by atoms with van der Waals surface area (Å²) in [6.45, 7) is 42.5. The first-order chi connectivity index (χ1) is 50.6. The van der Waals surface area contributed by atoms with Crippen LogP contribution < -0.4 is 16.8 Å². The summed E-state index contributed by atoms with van der Waals surface area (Å²) in [4.78, 5) is 68.6. The highest BCUT2D eigenvalue weighted by Crippen LogP contribution is 2.44. The van der Waals surface area contributed by atoms with Crippen LogP contribution in [0, 0.1) is 97.8 Å². The van der Waals surface area contributed by atoms with Crippen LogP contribution in [0.1, 0.15) is 244 Å². The quantitative estimate of drug-likeness (QED) is 0.0651. The Bertz CT molecular complexity index is 5240. The molecule has 0 fully saturated rings. The Morgan fingerprint density at radius 2 is 0.769 bits per heavy atom. The highest BCUT2D eigenvalue weighted by molar-refractivity contribution is 7.15. The van der Waals surface area contributed by atoms with Crippen molar-refractivity contribution in [1.82, 2.24) is 49.6 Å². The topological polar surface area (TPSA) is 289 Å². The van der Waals surface area contributed by atoms with Crippen molar-refractivity contribution in [2.45, 2.75) is 218 Å². The van der Waals surface area contributed by atoms with E-state index < -0.39 is 40.5 Å². The van der Waals surface area contributed by atoms with E-state index in [2.05, 4.69) is 113 Å². The number of aromatic nitrogens is 9. The van der Waals surface area contributed by atoms with E-state index in [9.17, 15) is 19.2 Å². The number of nitrogens with two attached hydrogens (primary N) is 2. The number of benzene rings is 3. The van der Waals surface area contributed by atoms with Crippen molar-refractivity contribution < 1.29 is 33.4 Å². The van der Waals surface area contributed by atoms with Gasteiger partial charge in [-0.15, -0.1) is 64.6 Å². The zero-order chi connectivity index (χ0) is 78.8. The average molecular weight is 1510 g/mol. The Hall–Kier alpha value is -10.3. The number of aliphatic imine (C=N–C) groups is 3. The molecule has 25 heteroatoms. The van der Waals surface area contributed by atoms with E-state index in [1.165, 1.54) is 21.6 Å². The number of carbonyl (C=O) groups is 4. The molecule has 0 bridgehead atoms. The molecule has 3 aromatic carbocycles. The molecule has 0 saturated carbocycles. The second-order valence-corrected chi connectivity index (χ2v) is 34.1. The molecule has 1 amide bonds. The van der Waals surface area contributed by atoms with Gasteiger partial charge >= 0.3 is 17.9 Å². The maximum atomic E-state index is 12.9. The molecule has 0 spiro atoms. The van der Waals surface area contributed by atoms with Gasteiger partial charge < -0.3 is 31.0 Å². The molecule has 5 N–H and O–H groups in total. The zero-order valence-corrected chi connectivity index (χ0v) is 68.1. The van der Waals surface area contributed by atoms with Gasteiger partial charge in [-0.05, 0) is 198 Å². The molecule has 0 aliphatic carbocycles. The van der Waals surface area contributed by atoms with Gasteiger partial charge in [-0.25, -0.2) is 0 Å². The van der Waals surface area contributed by atoms with Gasteiger partial charge in [0.15, 0.2) is 17.5 Å². The number of fused-ring (bicyclic) bond motifs is 9. The van der Waals surface area contributed by atoms with Crippen LogP contribution in [0.25, 0.3) is 15.0 Å². The van der Waals surface area contributed by atoms with Gasteiger partial charge in [0.1, 0.15) is 67.4 Å². The molecule has 9 heterocycles. The molecule has 562 valence electrons. The van der Waals surface area contributed by atoms with Crippen LogP contribution in [0.15, 0.2) is 87.8 Å². The third kappa shape index (κ3) is 19.1. The maximum absolute atomic E-state index is 12.9. The van der Waals surface area contributed by atoms with Crippen LogP contribution in [0.5, 0.6) is 0 Å². The Kier molecular flexibility index (Phi) is 23.9. The van der Waals surface area contributed by atoms with Crippen molar-refractivity contribution in [1.29, 1.82) is 0 Å². The molecule has 3 aliphatic heterocycles. The molecule has 1 unspecified atom stereocenters. The van der Waals surface area contributed by atoms with E-state index in [0.29, 0.717) is 24.0 Å². The first kappa shape index (κ1) is 80.2. The Morgan fingerprint density at radius 1 is 0.472 bits per heavy atom. The van der Waals surface area contributed by atoms with Gasteiger partial charge in [-0.2, -0.15) is 0 Å². The number of ether oxygens (including phenoxy) is 3. The molecular weight excluding hydrogens is 1420 g/mol. The number of carbonyl (C=O) groups excluding carboxylic acids is 4. The van der Waals surface area contributed by atoms with Gasteiger partial charge in [0.25, 0.3) is 0 Å². The summed E-state index contributed by atoms with van der Waals surface area (Å²) >= 11 is 5.04. The number of aryl methyl sites for hydroxylation is 6. The fourth-order valence-corrected chi connectivity index (χ4v) is 15.7. The summed E-state index contributed by atoms with van der Waals surface area (Å²) in [5.74, 6) is 21.4. The SMILES string of the molecule is CC(=O)NCC#Cc1ccc(C2=N[C@@H](CC(=O)OC(C)(C)C)c3nnc(C)n3-c3sc(C)c(C)c32)cc1.Cc1sc2c(c1C)C(c1ccc(C#CC(C)(C)N)cc1)=N[C@@H](CC(=O)OC(C)(C)C)c1nnc(C)n1-2.Cc1sc2c(c1C)C(c1ccc(C#CC(C)N)cc1)=N[C@@H](CC(=O)OC(C)(C)C)c1nnc(C)n1-2. The number of rotatable bonds is 10. The minimum absolute atomic E-state index is 0.0541. The van der Waals surface area contributed by atoms with Gasteiger partial charge in [0.2, 0.25) is 5.91 Å². The Balaban J connectivity index is 0.000000173. The fourth-order valence-electron chi connectivity index (χ4n) is 12.1. The number of thiophene rings is 3. The highest BCUT2D eigenvalue weighted by atomic mass is 32.1. The van der Waals surface area contributed by atoms with Crippen molar-refractivity contribution in [2.24, 2.45) is 26.4 Å². The number of hydrogen-bond acceptors (Lipinski definition) is 21. The van der Waals surface area contributed by atoms with Crippen molar-refractivity contribution >= 4 is 75.0 Å². The van der Waals surface area contributed by atoms with Gasteiger partial charge in [-0.3, -0.25) is 47.9 Å². The largest absolute Gasteiger partial charge is 0.460 e. The Labute approximate surface area is 644 Å². The lowest BCUT2D eigenvalue weighted by Gasteiger charge is -2.21. The standard InChI is InChI=1S/C28H31N5O3S.C28H33N5O2S.C27H31N5O2S/c1-16-17(2)37-27-24(16)25(21-12-10-20(11-13-21)9-8-14-29-19(4)34)30-22(15-23(35)36-28(5,6)7)26-32-31-18(3)33(26)27;1-16-17(2)36-26-23(16)24(20-11-9-19(10-12-20)13-14-28(7,8)29)30-21(15-22(34)35-27(4,5)6)25-32-31-18(3)33(25)26;1-15(28)8-9-19-10-12-20(13-11-19)24-23-16(2)17(3)35-26(23)32-18(4)30-31-25(32)21(29-24)14-22(33)34-27(5,6)7/h10-13,22H,14-15H2,1-7H3,(H,29,34);9-12,21H,15,29H2,1-8H3;10-13,15,21H,14,28H2,1-7H3/t22-;21-;15?,21-/m000/s1. The molecule has 12 rings (SSSR count). The van der Waals surface area contributed by atoms with E-state index in [1.54, 1.807) is 34.0 Å². The van der Waals surface area contributed by atoms with Crippen LogP contribution in [0.4, 0.5) is 0 Å². The van der Waals surface area contributed by atoms with E-state index in [1.807, 2.05) is 190 Å². The van der Waals surface area contributed by atoms with Gasteiger partial charge in [0.05, 0.1) is 54.5 Å². The number of amides is 1. The third-order valence-electron chi connectivity index (χ3n) is 17.2. The fraction of sp³-hybridized carbons (Fsp3) is 0.410. The normalized spacial score (nSPS) is 15.1. The minimum atomic E-state index is -0.596. The predicted octanol–water partition coefficient (Wildman–Crippen LogP) is 13.9. The lowest BCUT2D eigenvalue weighted by atomic mass is 9.98. The van der Waals surface area contributed by atoms with Crippen molar-refractivity contribution in [3.8, 4) is 50.5 Å². The zero-order valence-electron chi connectivity index (χ0n) is 65.7. The number of hydrogen-bond donors (Lipinski definition) is 3. The molecular formula is C83H95N15O7S3. The van der Waals surface area contributed by atoms with E-state index in [-0.39, 0.29) is 49.1 Å². The van der Waals surface area contributed by atoms with Crippen molar-refractivity contribution in [3.63, 3.8) is 0 Å². The first-order valence-electron chi connectivity index (χ1n) is 35.7. The second-order valence-electron chi connectivity index (χ2n) is 30.5. The smallest absolute Gasteiger partial charge is 0.308 e. The second kappa shape index (κ2) is 32.2. The molecule has 22 nitrogen and oxygen atoms in total. The molecule has 4 atom stereocenters. The number of nitrogens with zero attached hydrogens (tertiary/aromatic N) is 12. The molecule has 108 heavy (non-hydrogen) atoms. The van der Waals surface area contributed by atoms with Crippen LogP contribution >= 0.6 is 34.0 Å². The van der Waals surface area contributed by atoms with Crippen LogP contribution in [0.2, 0.25) is 0 Å². The van der Waals surface area contributed by atoms with Gasteiger partial charge in [0, 0.05) is 71.6 Å². The summed E-state index contributed by atoms with van der Waals surface area (Å²) in [5.41, 5.74) is 23.8. The highest BCUT2D eigenvalue weighted by Gasteiger charge is 2.38. The predicted molar refractivity (Wildman–Crippen MR) is 427 cm³/mol. The van der Waals surface area contributed by atoms with E-state index >= 15 is 0 Å². The third-order valence-corrected chi connectivity index (χ3v) is 20.7. The minimum Gasteiger partial charge on any atom is -0.460 e. The van der Waals surface area contributed by atoms with E-state index in [4.69, 9.17) is 40.7 Å². The molecule has 9 aromatic rings. The monoisotopic (exact) mass is 1510 g/mol. The molecule has 0 saturated heterocycles. The Morgan fingerprint density at radius 3 is 1.05 bits per heavy atom. The van der Waals surface area contributed by atoms with Gasteiger partial charge in [-0.1, -0.05) is 71.9 Å². The first-order valence-corrected chi connectivity index (χ1v) is 38.2. The number of nitrogens with one attached hydrogen (secondary N) is 1. The van der Waals surface area contributed by atoms with Crippen LogP contribution in [-0.2, 0) is 33.4 Å². The summed E-state index contributed by atoms with van der Waals surface area (Å²) in [7, 11) is 0. The summed E-state index contributed by atoms with van der Waals surface area (Å²) in [6, 6.07) is 22.0. The summed E-state index contributed by atoms with van der Waals surface area (Å²) < 4.78 is 23.0. The summed E-state index contributed by atoms with van der Waals surface area (Å²) in [6.07, 6.45) is 0.198. The maximum Gasteiger partial charge on any atom is 0.308 e. The lowest BCUT2D eigenvalue weighted by Crippen LogP contribution is -2.29. The van der Waals surface area contributed by atoms with Crippen LogP contribution in [0.3, 0.4) is 0 Å². The van der Waals surface area contributed by atoms with Crippen molar-refractivity contribution in [3.05, 3.63) is 189 Å². The van der Waals surface area contributed by atoms with E-state index in [0.717, 1.165) is 116 Å².